The number of hydrogen-bond acceptors (Lipinski definition) is 4. The number of H-pyrrole nitrogens is 1. The van der Waals surface area contributed by atoms with Crippen LogP contribution in [0.2, 0.25) is 0 Å². The standard InChI is InChI=1S/C15H20N4O/c1-10(2)15-18-13(8-14(20)19-15)17-12(9-16)11-6-4-3-5-7-11/h3-8,10,12H,9,16H2,1-2H3,(H2,17,18,19,20). The van der Waals surface area contributed by atoms with Gasteiger partial charge in [0.05, 0.1) is 6.04 Å². The van der Waals surface area contributed by atoms with Crippen molar-refractivity contribution in [1.29, 1.82) is 0 Å². The van der Waals surface area contributed by atoms with Crippen LogP contribution in [0.3, 0.4) is 0 Å². The highest BCUT2D eigenvalue weighted by molar-refractivity contribution is 5.38. The molecule has 1 heterocycles. The Bertz CT molecular complexity index is 607. The summed E-state index contributed by atoms with van der Waals surface area (Å²) in [6.45, 7) is 4.40. The second-order valence-corrected chi connectivity index (χ2v) is 5.01. The molecule has 1 atom stereocenters. The zero-order chi connectivity index (χ0) is 14.5. The molecule has 1 aromatic heterocycles. The van der Waals surface area contributed by atoms with E-state index in [-0.39, 0.29) is 17.5 Å². The first kappa shape index (κ1) is 14.3. The molecule has 0 aliphatic carbocycles. The van der Waals surface area contributed by atoms with E-state index in [4.69, 9.17) is 5.73 Å². The number of anilines is 1. The average Bonchev–Trinajstić information content (AvgIpc) is 2.45. The van der Waals surface area contributed by atoms with Crippen molar-refractivity contribution in [3.63, 3.8) is 0 Å². The molecule has 20 heavy (non-hydrogen) atoms. The summed E-state index contributed by atoms with van der Waals surface area (Å²) in [6.07, 6.45) is 0. The van der Waals surface area contributed by atoms with Crippen molar-refractivity contribution in [1.82, 2.24) is 9.97 Å². The van der Waals surface area contributed by atoms with E-state index in [1.54, 1.807) is 0 Å². The lowest BCUT2D eigenvalue weighted by Gasteiger charge is -2.18. The Hall–Kier alpha value is -2.14. The maximum atomic E-state index is 11.7. The molecule has 0 spiro atoms. The third-order valence-corrected chi connectivity index (χ3v) is 3.07. The van der Waals surface area contributed by atoms with Gasteiger partial charge in [-0.2, -0.15) is 0 Å². The van der Waals surface area contributed by atoms with Gasteiger partial charge in [-0.1, -0.05) is 44.2 Å². The Morgan fingerprint density at radius 2 is 2.00 bits per heavy atom. The molecule has 5 nitrogen and oxygen atoms in total. The van der Waals surface area contributed by atoms with Gasteiger partial charge in [-0.25, -0.2) is 4.98 Å². The predicted molar refractivity (Wildman–Crippen MR) is 80.8 cm³/mol. The molecule has 0 saturated carbocycles. The fourth-order valence-corrected chi connectivity index (χ4v) is 1.97. The summed E-state index contributed by atoms with van der Waals surface area (Å²) in [4.78, 5) is 18.8. The molecule has 0 aliphatic heterocycles. The molecule has 0 saturated heterocycles. The Morgan fingerprint density at radius 1 is 1.30 bits per heavy atom. The van der Waals surface area contributed by atoms with E-state index >= 15 is 0 Å². The van der Waals surface area contributed by atoms with Crippen LogP contribution in [0.5, 0.6) is 0 Å². The van der Waals surface area contributed by atoms with Crippen molar-refractivity contribution in [3.8, 4) is 0 Å². The highest BCUT2D eigenvalue weighted by Crippen LogP contribution is 2.17. The van der Waals surface area contributed by atoms with E-state index in [2.05, 4.69) is 15.3 Å². The van der Waals surface area contributed by atoms with Crippen LogP contribution in [0.1, 0.15) is 37.2 Å². The molecule has 0 amide bonds. The van der Waals surface area contributed by atoms with Gasteiger partial charge in [0.25, 0.3) is 5.56 Å². The van der Waals surface area contributed by atoms with Gasteiger partial charge in [0, 0.05) is 18.5 Å². The zero-order valence-electron chi connectivity index (χ0n) is 11.8. The lowest BCUT2D eigenvalue weighted by Crippen LogP contribution is -2.23. The van der Waals surface area contributed by atoms with Crippen LogP contribution in [0.25, 0.3) is 0 Å². The van der Waals surface area contributed by atoms with Crippen LogP contribution in [0, 0.1) is 0 Å². The number of nitrogens with zero attached hydrogens (tertiary/aromatic N) is 1. The molecular weight excluding hydrogens is 252 g/mol. The van der Waals surface area contributed by atoms with Crippen molar-refractivity contribution < 1.29 is 0 Å². The third-order valence-electron chi connectivity index (χ3n) is 3.07. The van der Waals surface area contributed by atoms with Gasteiger partial charge in [0.15, 0.2) is 0 Å². The van der Waals surface area contributed by atoms with Crippen LogP contribution < -0.4 is 16.6 Å². The van der Waals surface area contributed by atoms with Gasteiger partial charge >= 0.3 is 0 Å². The highest BCUT2D eigenvalue weighted by Gasteiger charge is 2.11. The summed E-state index contributed by atoms with van der Waals surface area (Å²) in [7, 11) is 0. The predicted octanol–water partition coefficient (Wildman–Crippen LogP) is 2.01. The SMILES string of the molecule is CC(C)c1nc(NC(CN)c2ccccc2)cc(=O)[nH]1. The first-order chi connectivity index (χ1) is 9.60. The smallest absolute Gasteiger partial charge is 0.252 e. The number of aromatic nitrogens is 2. The first-order valence-electron chi connectivity index (χ1n) is 6.73. The third kappa shape index (κ3) is 3.45. The molecule has 1 aromatic carbocycles. The molecular formula is C15H20N4O. The number of nitrogens with two attached hydrogens (primary N) is 1. The van der Waals surface area contributed by atoms with Gasteiger partial charge < -0.3 is 16.0 Å². The minimum atomic E-state index is -0.157. The number of aromatic amines is 1. The van der Waals surface area contributed by atoms with Gasteiger partial charge in [-0.3, -0.25) is 4.79 Å². The Morgan fingerprint density at radius 3 is 2.60 bits per heavy atom. The fraction of sp³-hybridized carbons (Fsp3) is 0.333. The molecule has 5 heteroatoms. The van der Waals surface area contributed by atoms with Crippen molar-refractivity contribution in [3.05, 3.63) is 58.1 Å². The maximum absolute atomic E-state index is 11.7. The molecule has 0 bridgehead atoms. The van der Waals surface area contributed by atoms with Gasteiger partial charge in [0.2, 0.25) is 0 Å². The van der Waals surface area contributed by atoms with E-state index in [1.165, 1.54) is 6.07 Å². The lowest BCUT2D eigenvalue weighted by molar-refractivity contribution is 0.748. The largest absolute Gasteiger partial charge is 0.362 e. The summed E-state index contributed by atoms with van der Waals surface area (Å²) in [5.74, 6) is 1.39. The van der Waals surface area contributed by atoms with E-state index in [9.17, 15) is 4.79 Å². The Kier molecular flexibility index (Phi) is 4.53. The maximum Gasteiger partial charge on any atom is 0.252 e. The van der Waals surface area contributed by atoms with Gasteiger partial charge in [-0.05, 0) is 5.56 Å². The van der Waals surface area contributed by atoms with Gasteiger partial charge in [-0.15, -0.1) is 0 Å². The molecule has 1 unspecified atom stereocenters. The average molecular weight is 272 g/mol. The summed E-state index contributed by atoms with van der Waals surface area (Å²) < 4.78 is 0. The number of nitrogens with one attached hydrogen (secondary N) is 2. The molecule has 0 fully saturated rings. The van der Waals surface area contributed by atoms with Crippen LogP contribution in [0.4, 0.5) is 5.82 Å². The Balaban J connectivity index is 2.26. The van der Waals surface area contributed by atoms with E-state index in [0.717, 1.165) is 5.56 Å². The van der Waals surface area contributed by atoms with Crippen LogP contribution in [-0.4, -0.2) is 16.5 Å². The summed E-state index contributed by atoms with van der Waals surface area (Å²) in [6, 6.07) is 11.3. The molecule has 4 N–H and O–H groups in total. The number of rotatable bonds is 5. The molecule has 0 aliphatic rings. The monoisotopic (exact) mass is 272 g/mol. The fourth-order valence-electron chi connectivity index (χ4n) is 1.97. The second-order valence-electron chi connectivity index (χ2n) is 5.01. The topological polar surface area (TPSA) is 83.8 Å². The Labute approximate surface area is 118 Å². The molecule has 106 valence electrons. The van der Waals surface area contributed by atoms with Crippen molar-refractivity contribution in [2.45, 2.75) is 25.8 Å². The minimum Gasteiger partial charge on any atom is -0.362 e. The molecule has 0 radical (unpaired) electrons. The van der Waals surface area contributed by atoms with Crippen LogP contribution in [0.15, 0.2) is 41.2 Å². The lowest BCUT2D eigenvalue weighted by atomic mass is 10.1. The van der Waals surface area contributed by atoms with E-state index < -0.39 is 0 Å². The number of benzene rings is 1. The van der Waals surface area contributed by atoms with E-state index in [0.29, 0.717) is 18.2 Å². The summed E-state index contributed by atoms with van der Waals surface area (Å²) >= 11 is 0. The normalized spacial score (nSPS) is 12.4. The molecule has 2 aromatic rings. The summed E-state index contributed by atoms with van der Waals surface area (Å²) in [5, 5.41) is 3.22. The summed E-state index contributed by atoms with van der Waals surface area (Å²) in [5.41, 5.74) is 6.73. The van der Waals surface area contributed by atoms with Crippen molar-refractivity contribution >= 4 is 5.82 Å². The quantitative estimate of drug-likeness (QED) is 0.777. The minimum absolute atomic E-state index is 0.0643. The number of hydrogen-bond donors (Lipinski definition) is 3. The van der Waals surface area contributed by atoms with E-state index in [1.807, 2.05) is 44.2 Å². The van der Waals surface area contributed by atoms with Crippen LogP contribution in [-0.2, 0) is 0 Å². The molecule has 2 rings (SSSR count). The highest BCUT2D eigenvalue weighted by atomic mass is 16.1. The first-order valence-corrected chi connectivity index (χ1v) is 6.73. The van der Waals surface area contributed by atoms with Crippen molar-refractivity contribution in [2.75, 3.05) is 11.9 Å². The zero-order valence-corrected chi connectivity index (χ0v) is 11.8. The van der Waals surface area contributed by atoms with Crippen LogP contribution >= 0.6 is 0 Å². The second kappa shape index (κ2) is 6.34. The van der Waals surface area contributed by atoms with Crippen molar-refractivity contribution in [2.24, 2.45) is 5.73 Å². The van der Waals surface area contributed by atoms with Gasteiger partial charge in [0.1, 0.15) is 11.6 Å².